The third kappa shape index (κ3) is 63.1. The van der Waals surface area contributed by atoms with Crippen molar-refractivity contribution in [3.63, 3.8) is 0 Å². The number of thiocarbonyl (C=S) groups is 1. The summed E-state index contributed by atoms with van der Waals surface area (Å²) in [6, 6.07) is 0. The number of thiocyanates is 1. The molecule has 0 atom stereocenters. The molecule has 0 saturated carbocycles. The molecular weight excluding hydrogens is 1420 g/mol. The number of carboxylic acids is 2. The number of carboxylic acid groups (broad SMARTS) is 2. The molecule has 1 saturated heterocycles. The van der Waals surface area contributed by atoms with Crippen molar-refractivity contribution in [3.8, 4) is 5.40 Å². The predicted molar refractivity (Wildman–Crippen MR) is 349 cm³/mol. The van der Waals surface area contributed by atoms with E-state index in [4.69, 9.17) is 109 Å². The number of halogens is 6. The number of esters is 6. The SMILES string of the molecule is C.C1CCOC1.C=C(C)C(=O)Cl.C=C(C)C(=O)OCC(C)(COC(=O)C(=C)C)C(=O)Cl.C=C(C)C(=O)OCC(C)(COC(=O)C(=C)C)C(=O)N=C=S.C=C(C)C(=O)OCC(C)(COC(=O)C(=C)C)C(=O)O.CC(CO)(CO)C(=O)O.ClCCl.N#C[S-].O=S(Cl)Cl.[K+]. The molecule has 1 fully saturated rings. The molecule has 0 aliphatic carbocycles. The number of aliphatic imine (C=N–C) groups is 1. The van der Waals surface area contributed by atoms with Gasteiger partial charge in [-0.05, 0) is 124 Å². The quantitative estimate of drug-likeness (QED) is 0.00726. The summed E-state index contributed by atoms with van der Waals surface area (Å²) in [6.07, 6.45) is 2.56. The zero-order chi connectivity index (χ0) is 72.2. The van der Waals surface area contributed by atoms with E-state index in [2.05, 4.69) is 97.3 Å². The van der Waals surface area contributed by atoms with E-state index >= 15 is 0 Å². The zero-order valence-electron chi connectivity index (χ0n) is 52.1. The Morgan fingerprint density at radius 2 is 0.747 bits per heavy atom. The first-order valence-corrected chi connectivity index (χ1v) is 29.8. The molecule has 1 aliphatic rings. The Morgan fingerprint density at radius 3 is 0.868 bits per heavy atom. The third-order valence-electron chi connectivity index (χ3n) is 9.25. The van der Waals surface area contributed by atoms with Crippen LogP contribution in [0.3, 0.4) is 0 Å². The number of hydrogen-bond donors (Lipinski definition) is 4. The van der Waals surface area contributed by atoms with E-state index < -0.39 is 121 Å². The topological polar surface area (TPSA) is 387 Å². The molecule has 0 aromatic carbocycles. The van der Waals surface area contributed by atoms with Crippen LogP contribution < -0.4 is 51.4 Å². The summed E-state index contributed by atoms with van der Waals surface area (Å²) in [5.74, 6) is -7.13. The van der Waals surface area contributed by atoms with E-state index in [0.29, 0.717) is 5.57 Å². The average molecular weight is 1500 g/mol. The standard InChI is InChI=1S/C14H17NO5S.C13H17ClO5.C13H18O6.C5H10O4.C4H5ClO.C4H8O.CH2Cl2.CHNS.CH4.Cl2OS.K/c1-9(2)11(16)19-6-14(5,13(18)15-8-21)7-20-12(17)10(3)4;1-8(2)10(15)18-6-13(5,12(14)17)7-19-11(16)9(3)4;1-8(2)10(14)18-6-13(5,12(16)17)7-19-11(15)9(3)4;1-5(2-6,3-7)4(8)9;1-3(2)4(5)6;1-2-4-5-3-1;2*2-1-3;;1-4(2)3;/h1,3,6-7H2,2,4-5H3;1,3,6-7H2,2,4-5H3;1,3,6-7H2,2,4-5H3,(H,16,17);6-7H,2-3H2,1H3,(H,8,9);1H2,2H3;1-4H2;1H2;3H;1H4;;/q;;;;;;;;;;+1/p-1. The number of aliphatic hydroxyl groups is 2. The summed E-state index contributed by atoms with van der Waals surface area (Å²) in [5.41, 5.74) is -4.11. The Hall–Kier alpha value is -4.13. The molecule has 1 rings (SSSR count). The summed E-state index contributed by atoms with van der Waals surface area (Å²) in [4.78, 5) is 126. The summed E-state index contributed by atoms with van der Waals surface area (Å²) in [5, 5.41) is 43.6. The average Bonchev–Trinajstić information content (AvgIpc) is 4.04. The number of nitriles is 1. The maximum atomic E-state index is 11.9. The molecule has 0 bridgehead atoms. The number of nitrogens with zero attached hydrogens (tertiary/aromatic N) is 2. The molecule has 35 heteroatoms. The van der Waals surface area contributed by atoms with Crippen LogP contribution in [0.5, 0.6) is 0 Å². The number of aliphatic carboxylic acids is 2. The third-order valence-corrected chi connectivity index (χ3v) is 10.1. The van der Waals surface area contributed by atoms with E-state index in [1.54, 1.807) is 6.92 Å². The van der Waals surface area contributed by atoms with E-state index in [0.717, 1.165) is 13.2 Å². The minimum atomic E-state index is -1.67. The molecule has 91 heavy (non-hydrogen) atoms. The van der Waals surface area contributed by atoms with Crippen molar-refractivity contribution in [1.29, 1.82) is 5.26 Å². The Balaban J connectivity index is -0.000000109. The van der Waals surface area contributed by atoms with Crippen molar-refractivity contribution < 1.29 is 162 Å². The Kier molecular flexibility index (Phi) is 73.9. The molecule has 0 radical (unpaired) electrons. The second kappa shape index (κ2) is 62.0. The smallest absolute Gasteiger partial charge is 0.696 e. The molecule has 0 spiro atoms. The molecule has 25 nitrogen and oxygen atoms in total. The first-order valence-electron chi connectivity index (χ1n) is 24.4. The molecular formula is C56H81Cl6KN2O23S3. The van der Waals surface area contributed by atoms with Crippen LogP contribution in [0.4, 0.5) is 0 Å². The van der Waals surface area contributed by atoms with Crippen LogP contribution in [0, 0.1) is 32.3 Å². The van der Waals surface area contributed by atoms with Gasteiger partial charge < -0.3 is 66.2 Å². The second-order valence-corrected chi connectivity index (χ2v) is 23.2. The summed E-state index contributed by atoms with van der Waals surface area (Å²) in [6.45, 7) is 38.3. The second-order valence-electron chi connectivity index (χ2n) is 18.8. The minimum absolute atomic E-state index is 0. The van der Waals surface area contributed by atoms with Crippen molar-refractivity contribution in [2.24, 2.45) is 26.7 Å². The number of aliphatic hydroxyl groups excluding tert-OH is 2. The molecule has 1 amide bonds. The van der Waals surface area contributed by atoms with Gasteiger partial charge in [0, 0.05) is 73.6 Å². The van der Waals surface area contributed by atoms with Crippen molar-refractivity contribution in [2.45, 2.75) is 96.4 Å². The largest absolute Gasteiger partial charge is 1.00 e. The van der Waals surface area contributed by atoms with Gasteiger partial charge in [-0.25, -0.2) is 38.2 Å². The van der Waals surface area contributed by atoms with Gasteiger partial charge in [0.25, 0.3) is 5.91 Å². The van der Waals surface area contributed by atoms with Crippen molar-refractivity contribution in [2.75, 3.05) is 71.4 Å². The molecule has 0 unspecified atom stereocenters. The number of alkyl halides is 2. The number of amides is 1. The van der Waals surface area contributed by atoms with Gasteiger partial charge in [0.05, 0.1) is 23.7 Å². The number of isothiocyanates is 1. The van der Waals surface area contributed by atoms with Gasteiger partial charge in [-0.15, -0.1) is 23.2 Å². The number of ether oxygens (including phenoxy) is 7. The molecule has 1 aliphatic heterocycles. The van der Waals surface area contributed by atoms with Gasteiger partial charge in [0.15, 0.2) is 0 Å². The molecule has 0 aromatic heterocycles. The monoisotopic (exact) mass is 1490 g/mol. The van der Waals surface area contributed by atoms with Crippen LogP contribution >= 0.6 is 80.0 Å². The normalized spacial score (nSPS) is 10.3. The molecule has 1 heterocycles. The van der Waals surface area contributed by atoms with Crippen LogP contribution in [0.2, 0.25) is 0 Å². The van der Waals surface area contributed by atoms with Crippen LogP contribution in [0.1, 0.15) is 96.4 Å². The van der Waals surface area contributed by atoms with Gasteiger partial charge in [-0.1, -0.05) is 58.9 Å². The van der Waals surface area contributed by atoms with Gasteiger partial charge in [-0.3, -0.25) is 24.0 Å². The van der Waals surface area contributed by atoms with Crippen LogP contribution in [0.25, 0.3) is 0 Å². The Labute approximate surface area is 617 Å². The fourth-order valence-corrected chi connectivity index (χ4v) is 3.64. The van der Waals surface area contributed by atoms with E-state index in [1.807, 2.05) is 5.16 Å². The molecule has 514 valence electrons. The van der Waals surface area contributed by atoms with Crippen molar-refractivity contribution >= 4 is 171 Å². The van der Waals surface area contributed by atoms with E-state index in [1.165, 1.54) is 87.5 Å². The first kappa shape index (κ1) is 108. The van der Waals surface area contributed by atoms with Crippen LogP contribution in [0.15, 0.2) is 90.1 Å². The molecule has 0 aromatic rings. The Morgan fingerprint density at radius 1 is 0.549 bits per heavy atom. The van der Waals surface area contributed by atoms with E-state index in [9.17, 15) is 52.7 Å². The van der Waals surface area contributed by atoms with Crippen molar-refractivity contribution in [1.82, 2.24) is 0 Å². The number of carbonyl (C=O) groups excluding carboxylic acids is 9. The number of rotatable bonds is 25. The van der Waals surface area contributed by atoms with Crippen LogP contribution in [-0.2, 0) is 108 Å². The molecule has 4 N–H and O–H groups in total. The fourth-order valence-electron chi connectivity index (χ4n) is 3.45. The van der Waals surface area contributed by atoms with Gasteiger partial charge in [0.2, 0.25) is 19.7 Å². The summed E-state index contributed by atoms with van der Waals surface area (Å²) < 4.78 is 43.2. The van der Waals surface area contributed by atoms with Crippen molar-refractivity contribution in [3.05, 3.63) is 85.1 Å². The number of allylic oxidation sites excluding steroid dienone is 1. The maximum Gasteiger partial charge on any atom is 1.00 e. The van der Waals surface area contributed by atoms with E-state index in [-0.39, 0.29) is 124 Å². The summed E-state index contributed by atoms with van der Waals surface area (Å²) in [7, 11) is 7.36. The minimum Gasteiger partial charge on any atom is -0.696 e. The number of carbonyl (C=O) groups is 11. The van der Waals surface area contributed by atoms with Gasteiger partial charge in [0.1, 0.15) is 61.3 Å². The van der Waals surface area contributed by atoms with Gasteiger partial charge in [-0.2, -0.15) is 4.99 Å². The van der Waals surface area contributed by atoms with Gasteiger partial charge >= 0.3 is 99.1 Å². The first-order chi connectivity index (χ1) is 40.6. The predicted octanol–water partition coefficient (Wildman–Crippen LogP) is 6.48. The Bertz CT molecular complexity index is 2390. The maximum absolute atomic E-state index is 11.9. The zero-order valence-corrected chi connectivity index (χ0v) is 62.2. The number of hydrogen-bond acceptors (Lipinski definition) is 24. The van der Waals surface area contributed by atoms with Crippen LogP contribution in [-0.4, -0.2) is 165 Å². The fraction of sp³-hybridized carbons (Fsp3) is 0.518. The summed E-state index contributed by atoms with van der Waals surface area (Å²) >= 11 is 27.9.